The maximum Gasteiger partial charge on any atom is 0.377 e. The molecule has 1 aromatic carbocycles. The molecule has 0 aliphatic heterocycles. The van der Waals surface area contributed by atoms with E-state index in [2.05, 4.69) is 10.1 Å². The van der Waals surface area contributed by atoms with Gasteiger partial charge in [-0.3, -0.25) is 0 Å². The summed E-state index contributed by atoms with van der Waals surface area (Å²) in [4.78, 5) is 14.3. The monoisotopic (exact) mass is 204 g/mol. The lowest BCUT2D eigenvalue weighted by atomic mass is 10.1. The van der Waals surface area contributed by atoms with Gasteiger partial charge in [0.1, 0.15) is 0 Å². The Morgan fingerprint density at radius 2 is 2.13 bits per heavy atom. The number of rotatable bonds is 2. The molecule has 0 saturated carbocycles. The molecule has 0 atom stereocenters. The first-order chi connectivity index (χ1) is 7.18. The van der Waals surface area contributed by atoms with Gasteiger partial charge in [0.15, 0.2) is 0 Å². The topological polar surface area (TPSA) is 76.2 Å². The average molecular weight is 204 g/mol. The Hall–Kier alpha value is -2.17. The van der Waals surface area contributed by atoms with Gasteiger partial charge in [-0.25, -0.2) is 4.79 Å². The van der Waals surface area contributed by atoms with Crippen LogP contribution < -0.4 is 0 Å². The molecule has 5 heteroatoms. The van der Waals surface area contributed by atoms with Gasteiger partial charge in [0.2, 0.25) is 0 Å². The van der Waals surface area contributed by atoms with E-state index in [0.717, 1.165) is 11.1 Å². The second-order valence-electron chi connectivity index (χ2n) is 3.04. The molecule has 0 spiro atoms. The highest BCUT2D eigenvalue weighted by Crippen LogP contribution is 2.20. The highest BCUT2D eigenvalue weighted by Gasteiger charge is 2.14. The van der Waals surface area contributed by atoms with E-state index in [1.54, 1.807) is 6.07 Å². The van der Waals surface area contributed by atoms with Gasteiger partial charge in [0.25, 0.3) is 11.7 Å². The van der Waals surface area contributed by atoms with E-state index in [1.165, 1.54) is 0 Å². The minimum Gasteiger partial charge on any atom is -0.475 e. The van der Waals surface area contributed by atoms with Gasteiger partial charge >= 0.3 is 5.97 Å². The van der Waals surface area contributed by atoms with Crippen molar-refractivity contribution in [3.8, 4) is 11.5 Å². The molecule has 0 radical (unpaired) electrons. The summed E-state index contributed by atoms with van der Waals surface area (Å²) in [6.45, 7) is 1.89. The molecule has 15 heavy (non-hydrogen) atoms. The Balaban J connectivity index is 2.46. The Bertz CT molecular complexity index is 505. The first kappa shape index (κ1) is 9.39. The number of carboxylic acid groups (broad SMARTS) is 1. The third-order valence-corrected chi connectivity index (χ3v) is 1.99. The number of nitrogens with zero attached hydrogens (tertiary/aromatic N) is 2. The van der Waals surface area contributed by atoms with E-state index in [-0.39, 0.29) is 11.7 Å². The maximum atomic E-state index is 10.5. The number of aromatic nitrogens is 2. The lowest BCUT2D eigenvalue weighted by molar-refractivity contribution is 0.0680. The van der Waals surface area contributed by atoms with Crippen LogP contribution in [0.4, 0.5) is 0 Å². The van der Waals surface area contributed by atoms with Crippen LogP contribution in [0.25, 0.3) is 11.5 Å². The SMILES string of the molecule is Cc1ccccc1-c1nc(C(=O)O)no1. The standard InChI is InChI=1S/C10H8N2O3/c1-6-4-2-3-5-7(6)9-11-8(10(13)14)12-15-9/h2-5H,1H3,(H,13,14). The van der Waals surface area contributed by atoms with E-state index in [9.17, 15) is 4.79 Å². The van der Waals surface area contributed by atoms with Crippen LogP contribution in [0.2, 0.25) is 0 Å². The quantitative estimate of drug-likeness (QED) is 0.806. The van der Waals surface area contributed by atoms with Gasteiger partial charge in [-0.1, -0.05) is 18.2 Å². The number of carbonyl (C=O) groups is 1. The first-order valence-corrected chi connectivity index (χ1v) is 4.31. The fourth-order valence-electron chi connectivity index (χ4n) is 1.23. The molecule has 1 N–H and O–H groups in total. The molecule has 0 aliphatic rings. The lowest BCUT2D eigenvalue weighted by Gasteiger charge is -1.97. The fourth-order valence-corrected chi connectivity index (χ4v) is 1.23. The second-order valence-corrected chi connectivity index (χ2v) is 3.04. The van der Waals surface area contributed by atoms with E-state index in [1.807, 2.05) is 25.1 Å². The summed E-state index contributed by atoms with van der Waals surface area (Å²) < 4.78 is 4.85. The Kier molecular flexibility index (Phi) is 2.21. The Morgan fingerprint density at radius 1 is 1.40 bits per heavy atom. The van der Waals surface area contributed by atoms with Crippen molar-refractivity contribution in [1.82, 2.24) is 10.1 Å². The fraction of sp³-hybridized carbons (Fsp3) is 0.100. The van der Waals surface area contributed by atoms with Crippen LogP contribution >= 0.6 is 0 Å². The molecule has 1 heterocycles. The third kappa shape index (κ3) is 1.71. The zero-order valence-electron chi connectivity index (χ0n) is 7.97. The van der Waals surface area contributed by atoms with E-state index >= 15 is 0 Å². The van der Waals surface area contributed by atoms with Crippen molar-refractivity contribution < 1.29 is 14.4 Å². The lowest BCUT2D eigenvalue weighted by Crippen LogP contribution is -1.98. The zero-order chi connectivity index (χ0) is 10.8. The van der Waals surface area contributed by atoms with Crippen molar-refractivity contribution in [2.45, 2.75) is 6.92 Å². The van der Waals surface area contributed by atoms with E-state index in [4.69, 9.17) is 9.63 Å². The number of hydrogen-bond donors (Lipinski definition) is 1. The predicted molar refractivity (Wildman–Crippen MR) is 51.4 cm³/mol. The number of hydrogen-bond acceptors (Lipinski definition) is 4. The van der Waals surface area contributed by atoms with E-state index < -0.39 is 5.97 Å². The summed E-state index contributed by atoms with van der Waals surface area (Å²) in [5.74, 6) is -1.29. The molecule has 0 saturated heterocycles. The normalized spacial score (nSPS) is 10.2. The predicted octanol–water partition coefficient (Wildman–Crippen LogP) is 1.74. The molecule has 0 amide bonds. The Morgan fingerprint density at radius 3 is 2.73 bits per heavy atom. The van der Waals surface area contributed by atoms with Crippen LogP contribution in [-0.4, -0.2) is 21.2 Å². The smallest absolute Gasteiger partial charge is 0.377 e. The number of benzene rings is 1. The minimum absolute atomic E-state index is 0.227. The largest absolute Gasteiger partial charge is 0.475 e. The summed E-state index contributed by atoms with van der Waals surface area (Å²) in [5, 5.41) is 12.0. The molecule has 0 fully saturated rings. The first-order valence-electron chi connectivity index (χ1n) is 4.31. The van der Waals surface area contributed by atoms with Crippen molar-refractivity contribution in [2.24, 2.45) is 0 Å². The second kappa shape index (κ2) is 3.53. The van der Waals surface area contributed by atoms with Gasteiger partial charge < -0.3 is 9.63 Å². The van der Waals surface area contributed by atoms with Crippen LogP contribution in [0, 0.1) is 6.92 Å². The molecule has 0 aliphatic carbocycles. The summed E-state index contributed by atoms with van der Waals surface area (Å²) >= 11 is 0. The molecule has 2 rings (SSSR count). The van der Waals surface area contributed by atoms with Crippen molar-refractivity contribution in [2.75, 3.05) is 0 Å². The molecular weight excluding hydrogens is 196 g/mol. The summed E-state index contributed by atoms with van der Waals surface area (Å²) in [5.41, 5.74) is 1.70. The van der Waals surface area contributed by atoms with Crippen molar-refractivity contribution in [3.63, 3.8) is 0 Å². The van der Waals surface area contributed by atoms with Crippen LogP contribution in [0.5, 0.6) is 0 Å². The highest BCUT2D eigenvalue weighted by atomic mass is 16.5. The zero-order valence-corrected chi connectivity index (χ0v) is 7.97. The van der Waals surface area contributed by atoms with Gasteiger partial charge in [0, 0.05) is 5.56 Å². The van der Waals surface area contributed by atoms with Crippen LogP contribution in [-0.2, 0) is 0 Å². The van der Waals surface area contributed by atoms with Gasteiger partial charge in [-0.2, -0.15) is 4.98 Å². The number of carboxylic acids is 1. The van der Waals surface area contributed by atoms with Crippen LogP contribution in [0.3, 0.4) is 0 Å². The molecule has 1 aromatic heterocycles. The van der Waals surface area contributed by atoms with Crippen molar-refractivity contribution in [3.05, 3.63) is 35.7 Å². The Labute approximate surface area is 85.4 Å². The van der Waals surface area contributed by atoms with E-state index in [0.29, 0.717) is 0 Å². The minimum atomic E-state index is -1.20. The molecule has 0 unspecified atom stereocenters. The maximum absolute atomic E-state index is 10.5. The summed E-state index contributed by atoms with van der Waals surface area (Å²) in [6.07, 6.45) is 0. The van der Waals surface area contributed by atoms with Crippen LogP contribution in [0.15, 0.2) is 28.8 Å². The van der Waals surface area contributed by atoms with Crippen LogP contribution in [0.1, 0.15) is 16.2 Å². The molecule has 5 nitrogen and oxygen atoms in total. The number of aryl methyl sites for hydroxylation is 1. The van der Waals surface area contributed by atoms with Gasteiger partial charge in [-0.15, -0.1) is 0 Å². The van der Waals surface area contributed by atoms with Crippen molar-refractivity contribution in [1.29, 1.82) is 0 Å². The highest BCUT2D eigenvalue weighted by molar-refractivity contribution is 5.83. The average Bonchev–Trinajstić information content (AvgIpc) is 2.67. The molecule has 0 bridgehead atoms. The third-order valence-electron chi connectivity index (χ3n) is 1.99. The molecule has 76 valence electrons. The molecular formula is C10H8N2O3. The molecule has 2 aromatic rings. The number of aromatic carboxylic acids is 1. The van der Waals surface area contributed by atoms with Crippen molar-refractivity contribution >= 4 is 5.97 Å². The van der Waals surface area contributed by atoms with Gasteiger partial charge in [-0.05, 0) is 23.7 Å². The summed E-state index contributed by atoms with van der Waals surface area (Å²) in [7, 11) is 0. The van der Waals surface area contributed by atoms with Gasteiger partial charge in [0.05, 0.1) is 0 Å². The summed E-state index contributed by atoms with van der Waals surface area (Å²) in [6, 6.07) is 7.40.